The minimum absolute atomic E-state index is 0.0854. The molecule has 2 fully saturated rings. The molecule has 31 heavy (non-hydrogen) atoms. The van der Waals surface area contributed by atoms with Gasteiger partial charge in [0.2, 0.25) is 0 Å². The van der Waals surface area contributed by atoms with E-state index in [2.05, 4.69) is 56.5 Å². The Morgan fingerprint density at radius 3 is 2.48 bits per heavy atom. The number of aliphatic hydroxyl groups is 1. The van der Waals surface area contributed by atoms with Crippen molar-refractivity contribution in [3.05, 3.63) is 35.9 Å². The molecular weight excluding hydrogens is 400 g/mol. The summed E-state index contributed by atoms with van der Waals surface area (Å²) in [6, 6.07) is 10.7. The third-order valence-corrected chi connectivity index (χ3v) is 6.80. The molecule has 0 spiro atoms. The largest absolute Gasteiger partial charge is 0.539 e. The van der Waals surface area contributed by atoms with Gasteiger partial charge in [-0.1, -0.05) is 42.4 Å². The van der Waals surface area contributed by atoms with Gasteiger partial charge in [0.25, 0.3) is 0 Å². The second-order valence-electron chi connectivity index (χ2n) is 9.08. The fourth-order valence-electron chi connectivity index (χ4n) is 4.75. The van der Waals surface area contributed by atoms with Crippen molar-refractivity contribution in [2.24, 2.45) is 16.5 Å². The van der Waals surface area contributed by atoms with E-state index in [1.54, 1.807) is 0 Å². The summed E-state index contributed by atoms with van der Waals surface area (Å²) >= 11 is 0. The maximum atomic E-state index is 11.4. The minimum Gasteiger partial charge on any atom is -0.539 e. The number of carbonyl (C=O) groups is 2. The van der Waals surface area contributed by atoms with Crippen LogP contribution in [-0.4, -0.2) is 61.2 Å². The minimum atomic E-state index is -2.07. The Bertz CT molecular complexity index is 757. The third-order valence-electron chi connectivity index (χ3n) is 6.80. The standard InChI is InChI=1S/C21H32N2O2.C2H2O4/c1-20-11-9-18(17-7-5-4-6-8-17)15-21(20,24)12-10-19(20)16-22-25-14-13-23(2)3;3-1(4)2(5)6/h4-8,16,18-19,24H,9-15H2,1-3H3;(H,3,4)(H,5,6)/b22-16+;/t18-,19-,20-,21+;/m1./s1. The fourth-order valence-corrected chi connectivity index (χ4v) is 4.75. The van der Waals surface area contributed by atoms with Crippen molar-refractivity contribution in [2.45, 2.75) is 50.5 Å². The Balaban J connectivity index is 0.000000501. The summed E-state index contributed by atoms with van der Waals surface area (Å²) in [7, 11) is 4.22. The van der Waals surface area contributed by atoms with Gasteiger partial charge < -0.3 is 29.9 Å². The number of likely N-dealkylation sites (N-methyl/N-ethyl adjacent to an activating group) is 1. The molecule has 2 aliphatic rings. The Hall–Kier alpha value is -2.45. The predicted molar refractivity (Wildman–Crippen MR) is 114 cm³/mol. The van der Waals surface area contributed by atoms with Crippen LogP contribution < -0.4 is 10.0 Å². The van der Waals surface area contributed by atoms with Gasteiger partial charge in [0, 0.05) is 17.5 Å². The maximum absolute atomic E-state index is 11.4. The molecule has 172 valence electrons. The molecule has 4 atom stereocenters. The predicted octanol–water partition coefficient (Wildman–Crippen LogP) is 0.0693. The highest BCUT2D eigenvalue weighted by atomic mass is 16.6. The smallest absolute Gasteiger partial charge is 0.351 e. The molecule has 0 bridgehead atoms. The van der Waals surface area contributed by atoms with Crippen LogP contribution in [-0.2, 0) is 14.4 Å². The van der Waals surface area contributed by atoms with Gasteiger partial charge in [-0.2, -0.15) is 0 Å². The lowest BCUT2D eigenvalue weighted by Crippen LogP contribution is -3.06. The average molecular weight is 435 g/mol. The van der Waals surface area contributed by atoms with Gasteiger partial charge in [0.1, 0.15) is 6.54 Å². The summed E-state index contributed by atoms with van der Waals surface area (Å²) in [6.07, 6.45) is 6.87. The lowest BCUT2D eigenvalue weighted by atomic mass is 9.59. The first-order chi connectivity index (χ1) is 14.6. The van der Waals surface area contributed by atoms with Gasteiger partial charge in [-0.15, -0.1) is 0 Å². The molecule has 0 heterocycles. The number of carboxylic acid groups (broad SMARTS) is 2. The van der Waals surface area contributed by atoms with Crippen LogP contribution in [0, 0.1) is 11.3 Å². The Morgan fingerprint density at radius 2 is 1.90 bits per heavy atom. The number of aliphatic carboxylic acids is 2. The summed E-state index contributed by atoms with van der Waals surface area (Å²) in [5.74, 6) is -3.24. The van der Waals surface area contributed by atoms with E-state index in [0.29, 0.717) is 18.4 Å². The summed E-state index contributed by atoms with van der Waals surface area (Å²) in [4.78, 5) is 24.8. The fraction of sp³-hybridized carbons (Fsp3) is 0.609. The second-order valence-corrected chi connectivity index (χ2v) is 9.08. The molecule has 1 aromatic carbocycles. The maximum Gasteiger partial charge on any atom is 0.351 e. The topological polar surface area (TPSA) is 124 Å². The molecule has 2 saturated carbocycles. The van der Waals surface area contributed by atoms with E-state index >= 15 is 0 Å². The van der Waals surface area contributed by atoms with Crippen molar-refractivity contribution in [2.75, 3.05) is 27.2 Å². The molecule has 3 N–H and O–H groups in total. The molecular formula is C23H34N2O6. The van der Waals surface area contributed by atoms with Crippen LogP contribution in [0.5, 0.6) is 0 Å². The Morgan fingerprint density at radius 1 is 1.26 bits per heavy atom. The quantitative estimate of drug-likeness (QED) is 0.252. The molecule has 1 aromatic rings. The lowest BCUT2D eigenvalue weighted by molar-refractivity contribution is -0.858. The number of carboxylic acids is 2. The van der Waals surface area contributed by atoms with Gasteiger partial charge in [0.05, 0.1) is 19.7 Å². The zero-order chi connectivity index (χ0) is 23.1. The number of nitrogens with zero attached hydrogens (tertiary/aromatic N) is 1. The highest BCUT2D eigenvalue weighted by molar-refractivity contribution is 6.26. The number of hydrogen-bond acceptors (Lipinski definition) is 6. The molecule has 8 heteroatoms. The van der Waals surface area contributed by atoms with Crippen LogP contribution in [0.15, 0.2) is 35.5 Å². The number of rotatable bonds is 6. The summed E-state index contributed by atoms with van der Waals surface area (Å²) in [6.45, 7) is 3.84. The molecule has 0 unspecified atom stereocenters. The molecule has 0 aliphatic heterocycles. The van der Waals surface area contributed by atoms with E-state index in [0.717, 1.165) is 38.6 Å². The molecule has 3 rings (SSSR count). The normalized spacial score (nSPS) is 29.8. The van der Waals surface area contributed by atoms with Crippen molar-refractivity contribution in [3.63, 3.8) is 0 Å². The molecule has 0 radical (unpaired) electrons. The molecule has 0 saturated heterocycles. The number of fused-ring (bicyclic) bond motifs is 1. The van der Waals surface area contributed by atoms with Crippen LogP contribution in [0.2, 0.25) is 0 Å². The van der Waals surface area contributed by atoms with E-state index in [4.69, 9.17) is 24.6 Å². The zero-order valence-electron chi connectivity index (χ0n) is 18.5. The third kappa shape index (κ3) is 6.27. The van der Waals surface area contributed by atoms with E-state index < -0.39 is 17.5 Å². The van der Waals surface area contributed by atoms with Crippen molar-refractivity contribution < 1.29 is 34.6 Å². The zero-order valence-corrected chi connectivity index (χ0v) is 18.5. The second kappa shape index (κ2) is 10.7. The summed E-state index contributed by atoms with van der Waals surface area (Å²) in [5.41, 5.74) is 0.693. The first kappa shape index (κ1) is 24.8. The van der Waals surface area contributed by atoms with Crippen LogP contribution in [0.25, 0.3) is 0 Å². The Labute approximate surface area is 183 Å². The monoisotopic (exact) mass is 434 g/mol. The summed E-state index contributed by atoms with van der Waals surface area (Å²) in [5, 5.41) is 32.0. The van der Waals surface area contributed by atoms with Crippen LogP contribution in [0.1, 0.15) is 50.5 Å². The van der Waals surface area contributed by atoms with Crippen molar-refractivity contribution in [1.29, 1.82) is 0 Å². The van der Waals surface area contributed by atoms with Crippen LogP contribution >= 0.6 is 0 Å². The first-order valence-electron chi connectivity index (χ1n) is 10.7. The van der Waals surface area contributed by atoms with Crippen molar-refractivity contribution in [3.8, 4) is 0 Å². The number of carbonyl (C=O) groups excluding carboxylic acids is 1. The van der Waals surface area contributed by atoms with Crippen molar-refractivity contribution >= 4 is 18.2 Å². The number of benzene rings is 1. The molecule has 8 nitrogen and oxygen atoms in total. The van der Waals surface area contributed by atoms with E-state index in [1.807, 2.05) is 6.21 Å². The average Bonchev–Trinajstić information content (AvgIpc) is 2.99. The number of hydrogen-bond donors (Lipinski definition) is 3. The summed E-state index contributed by atoms with van der Waals surface area (Å²) < 4.78 is 0. The number of quaternary nitrogens is 1. The number of nitrogens with one attached hydrogen (secondary N) is 1. The van der Waals surface area contributed by atoms with Crippen LogP contribution in [0.3, 0.4) is 0 Å². The molecule has 0 aromatic heterocycles. The van der Waals surface area contributed by atoms with Gasteiger partial charge in [0.15, 0.2) is 12.6 Å². The highest BCUT2D eigenvalue weighted by Crippen LogP contribution is 2.60. The van der Waals surface area contributed by atoms with Crippen molar-refractivity contribution in [1.82, 2.24) is 0 Å². The van der Waals surface area contributed by atoms with Gasteiger partial charge >= 0.3 is 5.97 Å². The molecule has 2 aliphatic carbocycles. The van der Waals surface area contributed by atoms with E-state index in [1.165, 1.54) is 10.5 Å². The highest BCUT2D eigenvalue weighted by Gasteiger charge is 2.58. The lowest BCUT2D eigenvalue weighted by Gasteiger charge is -2.48. The number of oxime groups is 1. The van der Waals surface area contributed by atoms with Gasteiger partial charge in [-0.25, -0.2) is 4.79 Å². The van der Waals surface area contributed by atoms with Gasteiger partial charge in [-0.3, -0.25) is 0 Å². The SMILES string of the molecule is C[NH+](C)CCO/N=C/[C@H]1CC[C@]2(O)C[C@H](c3ccccc3)CC[C@]12C.O=C([O-])C(=O)O. The van der Waals surface area contributed by atoms with Gasteiger partial charge in [-0.05, 0) is 43.6 Å². The Kier molecular flexibility index (Phi) is 8.59. The van der Waals surface area contributed by atoms with Crippen LogP contribution in [0.4, 0.5) is 0 Å². The molecule has 0 amide bonds. The van der Waals surface area contributed by atoms with E-state index in [9.17, 15) is 5.11 Å². The van der Waals surface area contributed by atoms with E-state index in [-0.39, 0.29) is 5.41 Å². The first-order valence-corrected chi connectivity index (χ1v) is 10.7.